The molecule has 0 aliphatic rings. The van der Waals surface area contributed by atoms with Gasteiger partial charge in [0.05, 0.1) is 5.69 Å². The standard InChI is InChI=1S/C17H14N2O2/c1-12-7-5-6-10-15(12)19-11-14(16(18-19)17(20)21)13-8-3-2-4-9-13/h2-11H,1H3,(H,20,21). The van der Waals surface area contributed by atoms with Crippen LogP contribution in [0.25, 0.3) is 16.8 Å². The Labute approximate surface area is 122 Å². The average molecular weight is 278 g/mol. The summed E-state index contributed by atoms with van der Waals surface area (Å²) in [6.07, 6.45) is 1.76. The van der Waals surface area contributed by atoms with Crippen LogP contribution in [0.15, 0.2) is 60.8 Å². The van der Waals surface area contributed by atoms with Crippen LogP contribution in [-0.4, -0.2) is 20.9 Å². The average Bonchev–Trinajstić information content (AvgIpc) is 2.94. The molecule has 1 N–H and O–H groups in total. The number of rotatable bonds is 3. The molecule has 104 valence electrons. The van der Waals surface area contributed by atoms with E-state index in [4.69, 9.17) is 0 Å². The van der Waals surface area contributed by atoms with Gasteiger partial charge in [0.15, 0.2) is 5.69 Å². The molecule has 0 saturated carbocycles. The molecular formula is C17H14N2O2. The van der Waals surface area contributed by atoms with Gasteiger partial charge in [0, 0.05) is 11.8 Å². The van der Waals surface area contributed by atoms with Gasteiger partial charge in [-0.05, 0) is 24.1 Å². The van der Waals surface area contributed by atoms with Crippen LogP contribution < -0.4 is 0 Å². The Morgan fingerprint density at radius 3 is 2.38 bits per heavy atom. The van der Waals surface area contributed by atoms with E-state index in [1.807, 2.05) is 61.5 Å². The van der Waals surface area contributed by atoms with Gasteiger partial charge in [-0.1, -0.05) is 48.5 Å². The zero-order valence-electron chi connectivity index (χ0n) is 11.5. The van der Waals surface area contributed by atoms with E-state index >= 15 is 0 Å². The summed E-state index contributed by atoms with van der Waals surface area (Å²) < 4.78 is 1.63. The van der Waals surface area contributed by atoms with Crippen molar-refractivity contribution in [3.63, 3.8) is 0 Å². The van der Waals surface area contributed by atoms with Gasteiger partial charge >= 0.3 is 5.97 Å². The van der Waals surface area contributed by atoms with Gasteiger partial charge in [-0.25, -0.2) is 9.48 Å². The molecule has 0 saturated heterocycles. The Balaban J connectivity index is 2.18. The lowest BCUT2D eigenvalue weighted by Gasteiger charge is -2.04. The molecule has 1 heterocycles. The molecule has 0 aliphatic carbocycles. The number of carbonyl (C=O) groups is 1. The lowest BCUT2D eigenvalue weighted by Crippen LogP contribution is -2.02. The molecule has 0 unspecified atom stereocenters. The van der Waals surface area contributed by atoms with Crippen molar-refractivity contribution in [2.75, 3.05) is 0 Å². The minimum absolute atomic E-state index is 0.0597. The fourth-order valence-corrected chi connectivity index (χ4v) is 2.30. The predicted octanol–water partition coefficient (Wildman–Crippen LogP) is 3.55. The van der Waals surface area contributed by atoms with Crippen LogP contribution in [0.3, 0.4) is 0 Å². The quantitative estimate of drug-likeness (QED) is 0.797. The van der Waals surface area contributed by atoms with Crippen LogP contribution >= 0.6 is 0 Å². The number of aryl methyl sites for hydroxylation is 1. The second-order valence-electron chi connectivity index (χ2n) is 4.79. The highest BCUT2D eigenvalue weighted by Gasteiger charge is 2.18. The summed E-state index contributed by atoms with van der Waals surface area (Å²) in [5.74, 6) is -1.03. The number of nitrogens with zero attached hydrogens (tertiary/aromatic N) is 2. The minimum Gasteiger partial charge on any atom is -0.476 e. The number of carboxylic acid groups (broad SMARTS) is 1. The first-order valence-electron chi connectivity index (χ1n) is 6.61. The highest BCUT2D eigenvalue weighted by atomic mass is 16.4. The highest BCUT2D eigenvalue weighted by Crippen LogP contribution is 2.25. The molecule has 1 aromatic heterocycles. The summed E-state index contributed by atoms with van der Waals surface area (Å²) in [6, 6.07) is 17.2. The van der Waals surface area contributed by atoms with Gasteiger partial charge in [0.25, 0.3) is 0 Å². The van der Waals surface area contributed by atoms with Gasteiger partial charge in [-0.15, -0.1) is 0 Å². The molecular weight excluding hydrogens is 264 g/mol. The molecule has 3 aromatic rings. The van der Waals surface area contributed by atoms with Crippen LogP contribution in [0.2, 0.25) is 0 Å². The van der Waals surface area contributed by atoms with Gasteiger partial charge in [-0.3, -0.25) is 0 Å². The number of hydrogen-bond acceptors (Lipinski definition) is 2. The Morgan fingerprint density at radius 2 is 1.71 bits per heavy atom. The Kier molecular flexibility index (Phi) is 3.28. The van der Waals surface area contributed by atoms with Crippen LogP contribution in [0.4, 0.5) is 0 Å². The van der Waals surface area contributed by atoms with Crippen molar-refractivity contribution < 1.29 is 9.90 Å². The number of aromatic nitrogens is 2. The van der Waals surface area contributed by atoms with Crippen molar-refractivity contribution in [2.24, 2.45) is 0 Å². The molecule has 0 atom stereocenters. The maximum Gasteiger partial charge on any atom is 0.357 e. The van der Waals surface area contributed by atoms with Crippen molar-refractivity contribution in [1.29, 1.82) is 0 Å². The number of para-hydroxylation sites is 1. The summed E-state index contributed by atoms with van der Waals surface area (Å²) in [4.78, 5) is 11.4. The van der Waals surface area contributed by atoms with Crippen molar-refractivity contribution in [1.82, 2.24) is 9.78 Å². The van der Waals surface area contributed by atoms with E-state index < -0.39 is 5.97 Å². The summed E-state index contributed by atoms with van der Waals surface area (Å²) in [5.41, 5.74) is 3.43. The van der Waals surface area contributed by atoms with Crippen molar-refractivity contribution in [3.05, 3.63) is 72.1 Å². The van der Waals surface area contributed by atoms with Crippen LogP contribution in [0.1, 0.15) is 16.1 Å². The van der Waals surface area contributed by atoms with E-state index in [1.54, 1.807) is 10.9 Å². The molecule has 0 bridgehead atoms. The molecule has 0 radical (unpaired) electrons. The fraction of sp³-hybridized carbons (Fsp3) is 0.0588. The van der Waals surface area contributed by atoms with E-state index in [0.29, 0.717) is 5.56 Å². The van der Waals surface area contributed by atoms with Crippen molar-refractivity contribution in [3.8, 4) is 16.8 Å². The normalized spacial score (nSPS) is 10.5. The van der Waals surface area contributed by atoms with E-state index in [1.165, 1.54) is 0 Å². The van der Waals surface area contributed by atoms with E-state index in [9.17, 15) is 9.90 Å². The maximum atomic E-state index is 11.4. The van der Waals surface area contributed by atoms with Gasteiger partial charge < -0.3 is 5.11 Å². The van der Waals surface area contributed by atoms with E-state index in [-0.39, 0.29) is 5.69 Å². The lowest BCUT2D eigenvalue weighted by molar-refractivity contribution is 0.0691. The third-order valence-electron chi connectivity index (χ3n) is 3.36. The van der Waals surface area contributed by atoms with E-state index in [0.717, 1.165) is 16.8 Å². The first-order valence-corrected chi connectivity index (χ1v) is 6.61. The Hall–Kier alpha value is -2.88. The zero-order chi connectivity index (χ0) is 14.8. The lowest BCUT2D eigenvalue weighted by atomic mass is 10.1. The largest absolute Gasteiger partial charge is 0.476 e. The number of benzene rings is 2. The van der Waals surface area contributed by atoms with Crippen LogP contribution in [0.5, 0.6) is 0 Å². The second kappa shape index (κ2) is 5.25. The van der Waals surface area contributed by atoms with Gasteiger partial charge in [0.2, 0.25) is 0 Å². The molecule has 3 rings (SSSR count). The summed E-state index contributed by atoms with van der Waals surface area (Å²) >= 11 is 0. The number of aromatic carboxylic acids is 1. The SMILES string of the molecule is Cc1ccccc1-n1cc(-c2ccccc2)c(C(=O)O)n1. The van der Waals surface area contributed by atoms with Crippen LogP contribution in [-0.2, 0) is 0 Å². The Morgan fingerprint density at radius 1 is 1.05 bits per heavy atom. The first kappa shape index (κ1) is 13.1. The van der Waals surface area contributed by atoms with Gasteiger partial charge in [-0.2, -0.15) is 5.10 Å². The second-order valence-corrected chi connectivity index (χ2v) is 4.79. The molecule has 21 heavy (non-hydrogen) atoms. The molecule has 2 aromatic carbocycles. The topological polar surface area (TPSA) is 55.1 Å². The fourth-order valence-electron chi connectivity index (χ4n) is 2.30. The Bertz CT molecular complexity index is 792. The first-order chi connectivity index (χ1) is 10.2. The van der Waals surface area contributed by atoms with E-state index in [2.05, 4.69) is 5.10 Å². The monoisotopic (exact) mass is 278 g/mol. The third kappa shape index (κ3) is 2.43. The number of carboxylic acids is 1. The maximum absolute atomic E-state index is 11.4. The summed E-state index contributed by atoms with van der Waals surface area (Å²) in [7, 11) is 0. The number of hydrogen-bond donors (Lipinski definition) is 1. The third-order valence-corrected chi connectivity index (χ3v) is 3.36. The van der Waals surface area contributed by atoms with Crippen molar-refractivity contribution >= 4 is 5.97 Å². The molecule has 0 spiro atoms. The zero-order valence-corrected chi connectivity index (χ0v) is 11.5. The molecule has 0 aliphatic heterocycles. The predicted molar refractivity (Wildman–Crippen MR) is 80.7 cm³/mol. The molecule has 4 nitrogen and oxygen atoms in total. The summed E-state index contributed by atoms with van der Waals surface area (Å²) in [6.45, 7) is 1.97. The highest BCUT2D eigenvalue weighted by molar-refractivity contribution is 5.93. The molecule has 0 amide bonds. The summed E-state index contributed by atoms with van der Waals surface area (Å²) in [5, 5.41) is 13.6. The molecule has 4 heteroatoms. The van der Waals surface area contributed by atoms with Crippen LogP contribution in [0, 0.1) is 6.92 Å². The smallest absolute Gasteiger partial charge is 0.357 e. The van der Waals surface area contributed by atoms with Gasteiger partial charge in [0.1, 0.15) is 0 Å². The van der Waals surface area contributed by atoms with Crippen molar-refractivity contribution in [2.45, 2.75) is 6.92 Å². The molecule has 0 fully saturated rings. The minimum atomic E-state index is -1.03.